The van der Waals surface area contributed by atoms with E-state index in [2.05, 4.69) is 47.1 Å². The highest BCUT2D eigenvalue weighted by Gasteiger charge is 2.22. The van der Waals surface area contributed by atoms with E-state index < -0.39 is 14.7 Å². The van der Waals surface area contributed by atoms with E-state index in [0.717, 1.165) is 56.0 Å². The summed E-state index contributed by atoms with van der Waals surface area (Å²) in [7, 11) is 4.71. The predicted molar refractivity (Wildman–Crippen MR) is 224 cm³/mol. The van der Waals surface area contributed by atoms with Crippen molar-refractivity contribution in [2.75, 3.05) is 54.1 Å². The molecule has 53 heavy (non-hydrogen) atoms. The average Bonchev–Trinajstić information content (AvgIpc) is 3.12. The second-order valence-corrected chi connectivity index (χ2v) is 17.1. The number of rotatable bonds is 41. The molecule has 0 saturated heterocycles. The molecule has 0 spiro atoms. The molecular formula is C44H87NO7P+. The summed E-state index contributed by atoms with van der Waals surface area (Å²) in [4.78, 5) is 25.4. The maximum Gasteiger partial charge on any atom is 0.332 e. The Balaban J connectivity index is 4.44. The van der Waals surface area contributed by atoms with Crippen LogP contribution in [0.1, 0.15) is 201 Å². The first kappa shape index (κ1) is 52.0. The van der Waals surface area contributed by atoms with Crippen molar-refractivity contribution in [3.63, 3.8) is 0 Å². The normalized spacial score (nSPS) is 13.1. The Labute approximate surface area is 329 Å². The highest BCUT2D eigenvalue weighted by Crippen LogP contribution is 2.39. The fraction of sp³-hybridized carbons (Fsp3) is 0.909. The van der Waals surface area contributed by atoms with E-state index in [4.69, 9.17) is 23.0 Å². The van der Waals surface area contributed by atoms with Gasteiger partial charge in [0.15, 0.2) is 6.10 Å². The summed E-state index contributed by atoms with van der Waals surface area (Å²) in [6.45, 7) is 8.20. The molecule has 0 amide bonds. The molecule has 0 aliphatic rings. The third-order valence-electron chi connectivity index (χ3n) is 9.41. The fourth-order valence-corrected chi connectivity index (χ4v) is 6.95. The quantitative estimate of drug-likeness (QED) is 0.0201. The number of nitrogens with zero attached hydrogens (tertiary/aromatic N) is 1. The summed E-state index contributed by atoms with van der Waals surface area (Å²) in [5.74, 6) is -0.534. The molecule has 0 radical (unpaired) electrons. The lowest BCUT2D eigenvalue weighted by atomic mass is 10.0. The van der Waals surface area contributed by atoms with Crippen LogP contribution in [0, 0.1) is 0 Å². The van der Waals surface area contributed by atoms with E-state index in [9.17, 15) is 9.59 Å². The van der Waals surface area contributed by atoms with Gasteiger partial charge in [-0.2, -0.15) is 0 Å². The SMILES string of the molecule is CCCCCCCC/C=C\CCCCCCCC(=O)O[C@@H](COC(=O)CCCCCCCCCCCCCCC)COP(OCC)OCC[N+](C)(C)C. The van der Waals surface area contributed by atoms with E-state index in [1.807, 2.05) is 6.92 Å². The average molecular weight is 773 g/mol. The molecule has 0 aliphatic carbocycles. The van der Waals surface area contributed by atoms with Crippen LogP contribution in [0.2, 0.25) is 0 Å². The van der Waals surface area contributed by atoms with Gasteiger partial charge in [0.2, 0.25) is 0 Å². The second-order valence-electron chi connectivity index (χ2n) is 15.9. The van der Waals surface area contributed by atoms with Crippen molar-refractivity contribution in [1.82, 2.24) is 0 Å². The van der Waals surface area contributed by atoms with Crippen LogP contribution in [0.25, 0.3) is 0 Å². The molecule has 0 aliphatic heterocycles. The van der Waals surface area contributed by atoms with Gasteiger partial charge in [-0.05, 0) is 45.4 Å². The molecule has 1 unspecified atom stereocenters. The molecule has 0 saturated carbocycles. The predicted octanol–water partition coefficient (Wildman–Crippen LogP) is 13.0. The van der Waals surface area contributed by atoms with Crippen LogP contribution in [-0.4, -0.2) is 76.6 Å². The van der Waals surface area contributed by atoms with Crippen LogP contribution in [0.5, 0.6) is 0 Å². The first-order valence-electron chi connectivity index (χ1n) is 22.2. The molecule has 0 fully saturated rings. The van der Waals surface area contributed by atoms with Gasteiger partial charge in [-0.25, -0.2) is 0 Å². The van der Waals surface area contributed by atoms with Crippen molar-refractivity contribution >= 4 is 20.5 Å². The number of likely N-dealkylation sites (N-methyl/N-ethyl adjacent to an activating group) is 1. The summed E-state index contributed by atoms with van der Waals surface area (Å²) in [6, 6.07) is 0. The zero-order valence-electron chi connectivity index (χ0n) is 35.8. The molecule has 0 N–H and O–H groups in total. The number of allylic oxidation sites excluding steroid dienone is 2. The van der Waals surface area contributed by atoms with Gasteiger partial charge >= 0.3 is 20.5 Å². The molecule has 0 aromatic rings. The number of hydrogen-bond acceptors (Lipinski definition) is 7. The van der Waals surface area contributed by atoms with Crippen molar-refractivity contribution < 1.29 is 37.1 Å². The smallest absolute Gasteiger partial charge is 0.332 e. The van der Waals surface area contributed by atoms with Gasteiger partial charge in [0.25, 0.3) is 0 Å². The molecule has 0 aromatic carbocycles. The van der Waals surface area contributed by atoms with Gasteiger partial charge < -0.3 is 27.5 Å². The lowest BCUT2D eigenvalue weighted by molar-refractivity contribution is -0.870. The Morgan fingerprint density at radius 2 is 0.962 bits per heavy atom. The van der Waals surface area contributed by atoms with Crippen LogP contribution in [0.15, 0.2) is 12.2 Å². The third kappa shape index (κ3) is 40.4. The van der Waals surface area contributed by atoms with Gasteiger partial charge in [-0.1, -0.05) is 154 Å². The number of carbonyl (C=O) groups is 2. The Morgan fingerprint density at radius 3 is 1.42 bits per heavy atom. The Bertz CT molecular complexity index is 835. The van der Waals surface area contributed by atoms with Gasteiger partial charge in [0.05, 0.1) is 34.4 Å². The summed E-state index contributed by atoms with van der Waals surface area (Å²) in [6.07, 6.45) is 36.8. The monoisotopic (exact) mass is 773 g/mol. The van der Waals surface area contributed by atoms with Crippen molar-refractivity contribution in [2.45, 2.75) is 207 Å². The van der Waals surface area contributed by atoms with E-state index in [0.29, 0.717) is 26.1 Å². The Kier molecular flexibility index (Phi) is 38.4. The van der Waals surface area contributed by atoms with E-state index >= 15 is 0 Å². The molecule has 0 heterocycles. The van der Waals surface area contributed by atoms with Crippen LogP contribution in [-0.2, 0) is 32.6 Å². The Morgan fingerprint density at radius 1 is 0.528 bits per heavy atom. The van der Waals surface area contributed by atoms with Crippen LogP contribution in [0.4, 0.5) is 0 Å². The minimum absolute atomic E-state index is 0.0242. The molecule has 8 nitrogen and oxygen atoms in total. The van der Waals surface area contributed by atoms with Crippen LogP contribution >= 0.6 is 8.60 Å². The van der Waals surface area contributed by atoms with Crippen molar-refractivity contribution in [1.29, 1.82) is 0 Å². The first-order valence-corrected chi connectivity index (χ1v) is 23.3. The van der Waals surface area contributed by atoms with Crippen LogP contribution < -0.4 is 0 Å². The molecule has 314 valence electrons. The molecule has 0 aromatic heterocycles. The standard InChI is InChI=1S/C44H87NO7P/c1-7-10-12-14-16-18-20-22-23-25-27-29-31-33-35-37-44(47)52-42(41-51-53(49-9-3)50-39-38-45(4,5)6)40-48-43(46)36-34-32-30-28-26-24-21-19-17-15-13-11-8-2/h22-23,42H,7-21,24-41H2,1-6H3/q+1/b23-22-/t42-,53?/m0/s1. The number of esters is 2. The minimum Gasteiger partial charge on any atom is -0.462 e. The summed E-state index contributed by atoms with van der Waals surface area (Å²) >= 11 is 0. The lowest BCUT2D eigenvalue weighted by Gasteiger charge is -2.25. The maximum absolute atomic E-state index is 12.8. The first-order chi connectivity index (χ1) is 25.7. The summed E-state index contributed by atoms with van der Waals surface area (Å²) < 4.78 is 29.6. The lowest BCUT2D eigenvalue weighted by Crippen LogP contribution is -2.37. The highest BCUT2D eigenvalue weighted by molar-refractivity contribution is 7.41. The largest absolute Gasteiger partial charge is 0.462 e. The second kappa shape index (κ2) is 39.2. The molecule has 2 atom stereocenters. The highest BCUT2D eigenvalue weighted by atomic mass is 31.2. The molecular weight excluding hydrogens is 685 g/mol. The van der Waals surface area contributed by atoms with Crippen molar-refractivity contribution in [3.8, 4) is 0 Å². The summed E-state index contributed by atoms with van der Waals surface area (Å²) in [5.41, 5.74) is 0. The minimum atomic E-state index is -1.60. The van der Waals surface area contributed by atoms with Crippen molar-refractivity contribution in [2.24, 2.45) is 0 Å². The van der Waals surface area contributed by atoms with Gasteiger partial charge in [-0.15, -0.1) is 0 Å². The molecule has 0 bridgehead atoms. The summed E-state index contributed by atoms with van der Waals surface area (Å²) in [5, 5.41) is 0. The van der Waals surface area contributed by atoms with E-state index in [-0.39, 0.29) is 25.2 Å². The zero-order valence-corrected chi connectivity index (χ0v) is 36.7. The van der Waals surface area contributed by atoms with Gasteiger partial charge in [0.1, 0.15) is 19.8 Å². The topological polar surface area (TPSA) is 80.3 Å². The number of ether oxygens (including phenoxy) is 2. The zero-order chi connectivity index (χ0) is 39.1. The number of unbranched alkanes of at least 4 members (excludes halogenated alkanes) is 23. The van der Waals surface area contributed by atoms with Gasteiger partial charge in [-0.3, -0.25) is 9.59 Å². The number of hydrogen-bond donors (Lipinski definition) is 0. The molecule has 0 rings (SSSR count). The Hall–Kier alpha value is -1.05. The molecule has 9 heteroatoms. The number of carbonyl (C=O) groups excluding carboxylic acids is 2. The van der Waals surface area contributed by atoms with E-state index in [1.54, 1.807) is 0 Å². The number of quaternary nitrogens is 1. The van der Waals surface area contributed by atoms with Crippen LogP contribution in [0.3, 0.4) is 0 Å². The van der Waals surface area contributed by atoms with Gasteiger partial charge in [0, 0.05) is 12.8 Å². The fourth-order valence-electron chi connectivity index (χ4n) is 6.00. The van der Waals surface area contributed by atoms with Crippen molar-refractivity contribution in [3.05, 3.63) is 12.2 Å². The van der Waals surface area contributed by atoms with E-state index in [1.165, 1.54) is 122 Å². The third-order valence-corrected chi connectivity index (χ3v) is 10.6. The maximum atomic E-state index is 12.8.